The molecule has 2 heterocycles. The summed E-state index contributed by atoms with van der Waals surface area (Å²) in [5.41, 5.74) is 1.45. The molecule has 26 heavy (non-hydrogen) atoms. The first-order chi connectivity index (χ1) is 12.3. The molecule has 0 aliphatic carbocycles. The number of methoxy groups -OCH3 is 1. The minimum absolute atomic E-state index is 0.0584. The van der Waals surface area contributed by atoms with Crippen LogP contribution >= 0.6 is 15.9 Å². The van der Waals surface area contributed by atoms with E-state index in [1.807, 2.05) is 4.57 Å². The average molecular weight is 437 g/mol. The van der Waals surface area contributed by atoms with E-state index in [-0.39, 0.29) is 18.5 Å². The molecule has 0 spiro atoms. The van der Waals surface area contributed by atoms with Crippen molar-refractivity contribution >= 4 is 15.9 Å². The lowest BCUT2D eigenvalue weighted by molar-refractivity contribution is -0.275. The second-order valence-electron chi connectivity index (χ2n) is 5.62. The van der Waals surface area contributed by atoms with Crippen molar-refractivity contribution in [3.05, 3.63) is 28.5 Å². The van der Waals surface area contributed by atoms with Gasteiger partial charge in [0.2, 0.25) is 0 Å². The van der Waals surface area contributed by atoms with Gasteiger partial charge >= 0.3 is 6.36 Å². The van der Waals surface area contributed by atoms with Crippen LogP contribution in [0.1, 0.15) is 5.69 Å². The second-order valence-corrected chi connectivity index (χ2v) is 6.37. The van der Waals surface area contributed by atoms with E-state index in [0.29, 0.717) is 35.6 Å². The molecule has 0 fully saturated rings. The molecule has 1 aromatic carbocycles. The van der Waals surface area contributed by atoms with E-state index in [2.05, 4.69) is 25.7 Å². The third-order valence-corrected chi connectivity index (χ3v) is 4.59. The van der Waals surface area contributed by atoms with E-state index in [1.54, 1.807) is 0 Å². The van der Waals surface area contributed by atoms with Crippen molar-refractivity contribution < 1.29 is 32.5 Å². The molecule has 0 amide bonds. The van der Waals surface area contributed by atoms with Gasteiger partial charge in [0.05, 0.1) is 38.7 Å². The SMILES string of the molecule is COc1cc(-c2nc(Br)c3n2C[C@@H](CO)OCC3)ccc1OC(F)(F)F. The van der Waals surface area contributed by atoms with Crippen molar-refractivity contribution in [2.45, 2.75) is 25.4 Å². The number of aliphatic hydroxyl groups excluding tert-OH is 1. The molecule has 1 aliphatic rings. The largest absolute Gasteiger partial charge is 0.573 e. The van der Waals surface area contributed by atoms with Crippen LogP contribution in [0.3, 0.4) is 0 Å². The summed E-state index contributed by atoms with van der Waals surface area (Å²) >= 11 is 3.41. The molecule has 1 atom stereocenters. The van der Waals surface area contributed by atoms with Crippen molar-refractivity contribution in [2.24, 2.45) is 0 Å². The molecule has 142 valence electrons. The monoisotopic (exact) mass is 436 g/mol. The molecule has 1 aromatic heterocycles. The third-order valence-electron chi connectivity index (χ3n) is 3.95. The van der Waals surface area contributed by atoms with Crippen molar-refractivity contribution in [1.29, 1.82) is 0 Å². The Morgan fingerprint density at radius 3 is 2.81 bits per heavy atom. The van der Waals surface area contributed by atoms with E-state index in [9.17, 15) is 18.3 Å². The summed E-state index contributed by atoms with van der Waals surface area (Å²) in [6.45, 7) is 0.676. The standard InChI is InChI=1S/C16H16BrF3N2O4/c1-24-13-6-9(2-3-12(13)26-16(18,19)20)15-21-14(17)11-4-5-25-10(8-23)7-22(11)15/h2-3,6,10,23H,4-5,7-8H2,1H3/t10-/m0/s1. The molecule has 3 rings (SSSR count). The van der Waals surface area contributed by atoms with Gasteiger partial charge in [-0.25, -0.2) is 4.98 Å². The average Bonchev–Trinajstić information content (AvgIpc) is 2.77. The van der Waals surface area contributed by atoms with E-state index in [1.165, 1.54) is 25.3 Å². The summed E-state index contributed by atoms with van der Waals surface area (Å²) < 4.78 is 54.6. The molecule has 2 aromatic rings. The van der Waals surface area contributed by atoms with E-state index in [0.717, 1.165) is 5.69 Å². The van der Waals surface area contributed by atoms with Gasteiger partial charge in [-0.15, -0.1) is 13.2 Å². The summed E-state index contributed by atoms with van der Waals surface area (Å²) in [7, 11) is 1.26. The lowest BCUT2D eigenvalue weighted by Crippen LogP contribution is -2.22. The van der Waals surface area contributed by atoms with E-state index < -0.39 is 12.1 Å². The molecule has 0 saturated heterocycles. The normalized spacial score (nSPS) is 17.5. The van der Waals surface area contributed by atoms with E-state index in [4.69, 9.17) is 9.47 Å². The van der Waals surface area contributed by atoms with Crippen molar-refractivity contribution in [2.75, 3.05) is 20.3 Å². The summed E-state index contributed by atoms with van der Waals surface area (Å²) in [5.74, 6) is 0.0478. The summed E-state index contributed by atoms with van der Waals surface area (Å²) in [5, 5.41) is 9.42. The van der Waals surface area contributed by atoms with Crippen LogP contribution in [0, 0.1) is 0 Å². The minimum atomic E-state index is -4.81. The zero-order valence-corrected chi connectivity index (χ0v) is 15.3. The first-order valence-electron chi connectivity index (χ1n) is 7.74. The Bertz CT molecular complexity index is 795. The van der Waals surface area contributed by atoms with Gasteiger partial charge in [-0.3, -0.25) is 0 Å². The molecule has 0 saturated carbocycles. The van der Waals surface area contributed by atoms with Crippen LogP contribution in [0.2, 0.25) is 0 Å². The number of benzene rings is 1. The fourth-order valence-corrected chi connectivity index (χ4v) is 3.40. The predicted octanol–water partition coefficient (Wildman–Crippen LogP) is 3.15. The molecular weight excluding hydrogens is 421 g/mol. The quantitative estimate of drug-likeness (QED) is 0.797. The number of hydrogen-bond acceptors (Lipinski definition) is 5. The van der Waals surface area contributed by atoms with Crippen LogP contribution in [0.25, 0.3) is 11.4 Å². The van der Waals surface area contributed by atoms with Crippen LogP contribution in [0.5, 0.6) is 11.5 Å². The fourth-order valence-electron chi connectivity index (χ4n) is 2.82. The van der Waals surface area contributed by atoms with Crippen molar-refractivity contribution in [3.63, 3.8) is 0 Å². The number of nitrogens with zero attached hydrogens (tertiary/aromatic N) is 2. The number of aromatic nitrogens is 2. The van der Waals surface area contributed by atoms with Gasteiger partial charge < -0.3 is 23.9 Å². The number of fused-ring (bicyclic) bond motifs is 1. The Hall–Kier alpha value is -1.78. The Balaban J connectivity index is 2.02. The predicted molar refractivity (Wildman–Crippen MR) is 89.1 cm³/mol. The van der Waals surface area contributed by atoms with Gasteiger partial charge in [0.15, 0.2) is 11.5 Å². The van der Waals surface area contributed by atoms with Gasteiger partial charge in [-0.2, -0.15) is 0 Å². The minimum Gasteiger partial charge on any atom is -0.493 e. The Kier molecular flexibility index (Phi) is 5.44. The number of halogens is 4. The number of ether oxygens (including phenoxy) is 3. The molecule has 10 heteroatoms. The number of alkyl halides is 3. The van der Waals surface area contributed by atoms with Crippen LogP contribution < -0.4 is 9.47 Å². The maximum Gasteiger partial charge on any atom is 0.573 e. The van der Waals surface area contributed by atoms with Crippen LogP contribution in [-0.4, -0.2) is 47.4 Å². The van der Waals surface area contributed by atoms with Crippen LogP contribution in [-0.2, 0) is 17.7 Å². The maximum absolute atomic E-state index is 12.5. The highest BCUT2D eigenvalue weighted by Gasteiger charge is 2.33. The Morgan fingerprint density at radius 2 is 2.15 bits per heavy atom. The van der Waals surface area contributed by atoms with Gasteiger partial charge in [0.25, 0.3) is 0 Å². The number of rotatable bonds is 4. The van der Waals surface area contributed by atoms with Gasteiger partial charge in [0.1, 0.15) is 10.4 Å². The smallest absolute Gasteiger partial charge is 0.493 e. The second kappa shape index (κ2) is 7.45. The number of imidazole rings is 1. The summed E-state index contributed by atoms with van der Waals surface area (Å²) in [4.78, 5) is 4.48. The topological polar surface area (TPSA) is 65.7 Å². The molecule has 6 nitrogen and oxygen atoms in total. The van der Waals surface area contributed by atoms with Crippen molar-refractivity contribution in [3.8, 4) is 22.9 Å². The Morgan fingerprint density at radius 1 is 1.38 bits per heavy atom. The zero-order valence-electron chi connectivity index (χ0n) is 13.7. The lowest BCUT2D eigenvalue weighted by atomic mass is 10.2. The molecule has 0 bridgehead atoms. The highest BCUT2D eigenvalue weighted by molar-refractivity contribution is 9.10. The van der Waals surface area contributed by atoms with Crippen LogP contribution in [0.15, 0.2) is 22.8 Å². The van der Waals surface area contributed by atoms with Crippen LogP contribution in [0.4, 0.5) is 13.2 Å². The van der Waals surface area contributed by atoms with Gasteiger partial charge in [-0.1, -0.05) is 0 Å². The summed E-state index contributed by atoms with van der Waals surface area (Å²) in [6.07, 6.45) is -4.60. The zero-order chi connectivity index (χ0) is 18.9. The van der Waals surface area contributed by atoms with Gasteiger partial charge in [-0.05, 0) is 34.1 Å². The van der Waals surface area contributed by atoms with Crippen molar-refractivity contribution in [1.82, 2.24) is 9.55 Å². The highest BCUT2D eigenvalue weighted by Crippen LogP contribution is 2.37. The maximum atomic E-state index is 12.5. The Labute approximate surface area is 155 Å². The van der Waals surface area contributed by atoms with Gasteiger partial charge in [0, 0.05) is 12.0 Å². The van der Waals surface area contributed by atoms with E-state index >= 15 is 0 Å². The molecule has 1 N–H and O–H groups in total. The number of aliphatic hydroxyl groups is 1. The highest BCUT2D eigenvalue weighted by atomic mass is 79.9. The lowest BCUT2D eigenvalue weighted by Gasteiger charge is -2.16. The fraction of sp³-hybridized carbons (Fsp3) is 0.438. The molecule has 0 radical (unpaired) electrons. The first kappa shape index (κ1) is 19.0. The third kappa shape index (κ3) is 3.97. The first-order valence-corrected chi connectivity index (χ1v) is 8.53. The summed E-state index contributed by atoms with van der Waals surface area (Å²) in [6, 6.07) is 4.10. The molecule has 0 unspecified atom stereocenters. The molecule has 1 aliphatic heterocycles. The number of hydrogen-bond donors (Lipinski definition) is 1. The molecular formula is C16H16BrF3N2O4.